The molecule has 0 N–H and O–H groups in total. The second-order valence-electron chi connectivity index (χ2n) is 6.93. The SMILES string of the molecule is O=C(c1cn(-c2ccccc2)nc1-c1ccc2c(c1)OCCO2)N1CCOCC1. The Morgan fingerprint density at radius 2 is 1.66 bits per heavy atom. The van der Waals surface area contributed by atoms with Crippen molar-refractivity contribution in [2.75, 3.05) is 39.5 Å². The Bertz CT molecular complexity index is 1030. The van der Waals surface area contributed by atoms with Crippen molar-refractivity contribution in [3.05, 3.63) is 60.3 Å². The van der Waals surface area contributed by atoms with Gasteiger partial charge in [-0.25, -0.2) is 4.68 Å². The quantitative estimate of drug-likeness (QED) is 0.687. The van der Waals surface area contributed by atoms with Gasteiger partial charge < -0.3 is 19.1 Å². The molecule has 148 valence electrons. The van der Waals surface area contributed by atoms with E-state index in [1.807, 2.05) is 53.4 Å². The number of hydrogen-bond donors (Lipinski definition) is 0. The van der Waals surface area contributed by atoms with E-state index < -0.39 is 0 Å². The Balaban J connectivity index is 1.59. The summed E-state index contributed by atoms with van der Waals surface area (Å²) in [6.45, 7) is 3.31. The highest BCUT2D eigenvalue weighted by molar-refractivity contribution is 6.00. The largest absolute Gasteiger partial charge is 0.486 e. The van der Waals surface area contributed by atoms with E-state index in [0.29, 0.717) is 62.3 Å². The third kappa shape index (κ3) is 3.45. The summed E-state index contributed by atoms with van der Waals surface area (Å²) in [5.41, 5.74) is 2.91. The van der Waals surface area contributed by atoms with Crippen LogP contribution in [0.15, 0.2) is 54.7 Å². The maximum Gasteiger partial charge on any atom is 0.257 e. The maximum atomic E-state index is 13.3. The standard InChI is InChI=1S/C22H21N3O4/c26-22(24-8-10-27-11-9-24)18-15-25(17-4-2-1-3-5-17)23-21(18)16-6-7-19-20(14-16)29-13-12-28-19/h1-7,14-15H,8-13H2. The van der Waals surface area contributed by atoms with Crippen LogP contribution in [0.25, 0.3) is 16.9 Å². The predicted molar refractivity (Wildman–Crippen MR) is 107 cm³/mol. The van der Waals surface area contributed by atoms with Crippen LogP contribution in [0.3, 0.4) is 0 Å². The van der Waals surface area contributed by atoms with Gasteiger partial charge in [-0.2, -0.15) is 5.10 Å². The second kappa shape index (κ2) is 7.60. The van der Waals surface area contributed by atoms with Gasteiger partial charge in [-0.15, -0.1) is 0 Å². The molecule has 0 unspecified atom stereocenters. The zero-order valence-electron chi connectivity index (χ0n) is 15.9. The summed E-state index contributed by atoms with van der Waals surface area (Å²) in [6.07, 6.45) is 1.80. The highest BCUT2D eigenvalue weighted by Gasteiger charge is 2.26. The van der Waals surface area contributed by atoms with Gasteiger partial charge in [0, 0.05) is 24.8 Å². The number of ether oxygens (including phenoxy) is 3. The van der Waals surface area contributed by atoms with Crippen molar-refractivity contribution in [2.24, 2.45) is 0 Å². The summed E-state index contributed by atoms with van der Waals surface area (Å²) in [4.78, 5) is 15.1. The Morgan fingerprint density at radius 3 is 2.45 bits per heavy atom. The Morgan fingerprint density at radius 1 is 0.897 bits per heavy atom. The number of nitrogens with zero attached hydrogens (tertiary/aromatic N) is 3. The van der Waals surface area contributed by atoms with Crippen LogP contribution in [0.1, 0.15) is 10.4 Å². The van der Waals surface area contributed by atoms with Crippen molar-refractivity contribution in [3.8, 4) is 28.4 Å². The Hall–Kier alpha value is -3.32. The van der Waals surface area contributed by atoms with E-state index in [4.69, 9.17) is 19.3 Å². The molecule has 7 nitrogen and oxygen atoms in total. The Kier molecular flexibility index (Phi) is 4.65. The van der Waals surface area contributed by atoms with E-state index in [2.05, 4.69) is 0 Å². The summed E-state index contributed by atoms with van der Waals surface area (Å²) < 4.78 is 18.5. The molecule has 3 heterocycles. The second-order valence-corrected chi connectivity index (χ2v) is 6.93. The molecule has 1 fully saturated rings. The van der Waals surface area contributed by atoms with Crippen LogP contribution in [0, 0.1) is 0 Å². The first-order valence-electron chi connectivity index (χ1n) is 9.72. The number of hydrogen-bond acceptors (Lipinski definition) is 5. The first kappa shape index (κ1) is 17.8. The third-order valence-corrected chi connectivity index (χ3v) is 5.08. The molecule has 0 atom stereocenters. The topological polar surface area (TPSA) is 65.8 Å². The monoisotopic (exact) mass is 391 g/mol. The van der Waals surface area contributed by atoms with Gasteiger partial charge in [0.15, 0.2) is 11.5 Å². The molecule has 0 aliphatic carbocycles. The smallest absolute Gasteiger partial charge is 0.257 e. The minimum absolute atomic E-state index is 0.0413. The van der Waals surface area contributed by atoms with E-state index in [0.717, 1.165) is 11.3 Å². The molecule has 2 aliphatic heterocycles. The predicted octanol–water partition coefficient (Wildman–Crippen LogP) is 2.78. The average Bonchev–Trinajstić information content (AvgIpc) is 3.25. The van der Waals surface area contributed by atoms with Crippen LogP contribution in [0.2, 0.25) is 0 Å². The maximum absolute atomic E-state index is 13.3. The first-order valence-corrected chi connectivity index (χ1v) is 9.72. The van der Waals surface area contributed by atoms with Crippen LogP contribution in [0.4, 0.5) is 0 Å². The summed E-state index contributed by atoms with van der Waals surface area (Å²) in [5.74, 6) is 1.34. The molecule has 3 aromatic rings. The molecule has 29 heavy (non-hydrogen) atoms. The molecule has 0 spiro atoms. The van der Waals surface area contributed by atoms with Crippen LogP contribution < -0.4 is 9.47 Å². The number of para-hydroxylation sites is 1. The van der Waals surface area contributed by atoms with Crippen molar-refractivity contribution >= 4 is 5.91 Å². The van der Waals surface area contributed by atoms with Crippen LogP contribution in [0.5, 0.6) is 11.5 Å². The molecule has 2 aliphatic rings. The number of morpholine rings is 1. The van der Waals surface area contributed by atoms with Crippen molar-refractivity contribution in [2.45, 2.75) is 0 Å². The molecule has 7 heteroatoms. The molecule has 0 bridgehead atoms. The molecule has 2 aromatic carbocycles. The van der Waals surface area contributed by atoms with Gasteiger partial charge in [0.05, 0.1) is 24.5 Å². The van der Waals surface area contributed by atoms with Gasteiger partial charge in [-0.05, 0) is 30.3 Å². The van der Waals surface area contributed by atoms with Crippen molar-refractivity contribution < 1.29 is 19.0 Å². The lowest BCUT2D eigenvalue weighted by Gasteiger charge is -2.26. The van der Waals surface area contributed by atoms with Crippen molar-refractivity contribution in [3.63, 3.8) is 0 Å². The number of rotatable bonds is 3. The molecule has 1 saturated heterocycles. The van der Waals surface area contributed by atoms with E-state index in [-0.39, 0.29) is 5.91 Å². The Labute approximate surface area is 168 Å². The van der Waals surface area contributed by atoms with E-state index >= 15 is 0 Å². The first-order chi connectivity index (χ1) is 14.3. The highest BCUT2D eigenvalue weighted by Crippen LogP contribution is 2.35. The van der Waals surface area contributed by atoms with Crippen LogP contribution in [-0.2, 0) is 4.74 Å². The van der Waals surface area contributed by atoms with Gasteiger partial charge >= 0.3 is 0 Å². The van der Waals surface area contributed by atoms with Gasteiger partial charge in [0.2, 0.25) is 0 Å². The highest BCUT2D eigenvalue weighted by atomic mass is 16.6. The van der Waals surface area contributed by atoms with Crippen LogP contribution in [-0.4, -0.2) is 60.1 Å². The van der Waals surface area contributed by atoms with Gasteiger partial charge in [-0.1, -0.05) is 18.2 Å². The number of amides is 1. The lowest BCUT2D eigenvalue weighted by Crippen LogP contribution is -2.40. The molecule has 0 radical (unpaired) electrons. The minimum Gasteiger partial charge on any atom is -0.486 e. The number of carbonyl (C=O) groups excluding carboxylic acids is 1. The van der Waals surface area contributed by atoms with Gasteiger partial charge in [0.1, 0.15) is 18.9 Å². The number of benzene rings is 2. The average molecular weight is 391 g/mol. The number of carbonyl (C=O) groups is 1. The van der Waals surface area contributed by atoms with Crippen molar-refractivity contribution in [1.29, 1.82) is 0 Å². The fourth-order valence-corrected chi connectivity index (χ4v) is 3.58. The molecule has 0 saturated carbocycles. The fraction of sp³-hybridized carbons (Fsp3) is 0.273. The third-order valence-electron chi connectivity index (χ3n) is 5.08. The zero-order chi connectivity index (χ0) is 19.6. The molecular formula is C22H21N3O4. The normalized spacial score (nSPS) is 15.9. The number of fused-ring (bicyclic) bond motifs is 1. The minimum atomic E-state index is -0.0413. The molecular weight excluding hydrogens is 370 g/mol. The lowest BCUT2D eigenvalue weighted by molar-refractivity contribution is 0.0303. The number of aromatic nitrogens is 2. The summed E-state index contributed by atoms with van der Waals surface area (Å²) in [7, 11) is 0. The molecule has 1 amide bonds. The summed E-state index contributed by atoms with van der Waals surface area (Å²) in [5, 5.41) is 4.76. The summed E-state index contributed by atoms with van der Waals surface area (Å²) >= 11 is 0. The molecule has 1 aromatic heterocycles. The van der Waals surface area contributed by atoms with Crippen molar-refractivity contribution in [1.82, 2.24) is 14.7 Å². The van der Waals surface area contributed by atoms with Crippen LogP contribution >= 0.6 is 0 Å². The van der Waals surface area contributed by atoms with E-state index in [1.54, 1.807) is 10.9 Å². The summed E-state index contributed by atoms with van der Waals surface area (Å²) in [6, 6.07) is 15.5. The van der Waals surface area contributed by atoms with Gasteiger partial charge in [-0.3, -0.25) is 4.79 Å². The zero-order valence-corrected chi connectivity index (χ0v) is 15.9. The fourth-order valence-electron chi connectivity index (χ4n) is 3.58. The molecule has 5 rings (SSSR count). The van der Waals surface area contributed by atoms with E-state index in [1.165, 1.54) is 0 Å². The van der Waals surface area contributed by atoms with Gasteiger partial charge in [0.25, 0.3) is 5.91 Å². The lowest BCUT2D eigenvalue weighted by atomic mass is 10.1. The van der Waals surface area contributed by atoms with E-state index in [9.17, 15) is 4.79 Å².